The maximum absolute atomic E-state index is 5.01. The van der Waals surface area contributed by atoms with E-state index in [0.717, 1.165) is 46.3 Å². The van der Waals surface area contributed by atoms with Gasteiger partial charge in [-0.3, -0.25) is 0 Å². The molecule has 10 aromatic rings. The van der Waals surface area contributed by atoms with Crippen LogP contribution in [0, 0.1) is 0 Å². The average Bonchev–Trinajstić information content (AvgIpc) is 3.79. The van der Waals surface area contributed by atoms with E-state index in [1.54, 1.807) is 0 Å². The van der Waals surface area contributed by atoms with E-state index in [4.69, 9.17) is 15.0 Å². The molecule has 0 radical (unpaired) electrons. The number of fused-ring (bicyclic) bond motifs is 6. The molecule has 0 bridgehead atoms. The van der Waals surface area contributed by atoms with Crippen molar-refractivity contribution in [1.29, 1.82) is 0 Å². The van der Waals surface area contributed by atoms with Gasteiger partial charge < -0.3 is 9.13 Å². The van der Waals surface area contributed by atoms with Gasteiger partial charge in [-0.15, -0.1) is 0 Å². The molecule has 0 saturated heterocycles. The highest BCUT2D eigenvalue weighted by Gasteiger charge is 2.21. The summed E-state index contributed by atoms with van der Waals surface area (Å²) < 4.78 is 4.88. The molecule has 0 atom stereocenters. The van der Waals surface area contributed by atoms with Crippen LogP contribution in [0.15, 0.2) is 182 Å². The third kappa shape index (κ3) is 5.36. The second-order valence-electron chi connectivity index (χ2n) is 14.4. The summed E-state index contributed by atoms with van der Waals surface area (Å²) in [4.78, 5) is 14.9. The number of benzene rings is 7. The minimum atomic E-state index is 0.646. The molecule has 3 aromatic heterocycles. The SMILES string of the molecule is C1=Cc2c(n(-c3ccc4c(c3)c3ccccc3n4-c3ccccc3)c3cc(-c4cccc(-c5nc(-c6ccccc6)nc(-c6ccccc6)n5)c4)ccc23)CC1. The van der Waals surface area contributed by atoms with Crippen molar-refractivity contribution in [3.05, 3.63) is 193 Å². The van der Waals surface area contributed by atoms with Gasteiger partial charge in [0.05, 0.1) is 16.6 Å². The fourth-order valence-corrected chi connectivity index (χ4v) is 8.42. The third-order valence-electron chi connectivity index (χ3n) is 11.0. The summed E-state index contributed by atoms with van der Waals surface area (Å²) >= 11 is 0. The van der Waals surface area contributed by atoms with Crippen molar-refractivity contribution < 1.29 is 0 Å². The zero-order valence-corrected chi connectivity index (χ0v) is 30.5. The maximum atomic E-state index is 5.01. The van der Waals surface area contributed by atoms with Crippen LogP contribution in [0.2, 0.25) is 0 Å². The van der Waals surface area contributed by atoms with E-state index >= 15 is 0 Å². The van der Waals surface area contributed by atoms with Gasteiger partial charge in [0, 0.05) is 55.5 Å². The number of para-hydroxylation sites is 2. The Bertz CT molecular complexity index is 3060. The van der Waals surface area contributed by atoms with E-state index in [1.165, 1.54) is 49.7 Å². The highest BCUT2D eigenvalue weighted by Crippen LogP contribution is 2.39. The number of hydrogen-bond acceptors (Lipinski definition) is 3. The van der Waals surface area contributed by atoms with E-state index in [1.807, 2.05) is 60.7 Å². The van der Waals surface area contributed by atoms with Gasteiger partial charge in [-0.1, -0.05) is 140 Å². The summed E-state index contributed by atoms with van der Waals surface area (Å²) in [6.07, 6.45) is 6.63. The second-order valence-corrected chi connectivity index (χ2v) is 14.4. The van der Waals surface area contributed by atoms with E-state index in [9.17, 15) is 0 Å². The lowest BCUT2D eigenvalue weighted by Gasteiger charge is -2.14. The van der Waals surface area contributed by atoms with Gasteiger partial charge in [-0.05, 0) is 72.5 Å². The van der Waals surface area contributed by atoms with Gasteiger partial charge in [0.2, 0.25) is 0 Å². The standard InChI is InChI=1S/C51H35N5/c1-4-15-34(16-5-1)49-52-50(35-17-6-2-7-18-35)54-51(53-49)38-20-14-19-36(31-38)37-27-29-43-41-23-10-12-25-45(41)56(48(43)32-37)40-28-30-47-44(33-40)42-24-11-13-26-46(42)55(47)39-21-8-3-9-22-39/h1-11,13-24,26-33H,12,25H2. The van der Waals surface area contributed by atoms with Gasteiger partial charge in [0.15, 0.2) is 17.5 Å². The Morgan fingerprint density at radius 3 is 1.73 bits per heavy atom. The summed E-state index contributed by atoms with van der Waals surface area (Å²) in [6.45, 7) is 0. The second kappa shape index (κ2) is 13.2. The minimum absolute atomic E-state index is 0.646. The van der Waals surface area contributed by atoms with Crippen molar-refractivity contribution in [1.82, 2.24) is 24.1 Å². The molecule has 1 aliphatic rings. The number of hydrogen-bond donors (Lipinski definition) is 0. The van der Waals surface area contributed by atoms with Gasteiger partial charge >= 0.3 is 0 Å². The number of allylic oxidation sites excluding steroid dienone is 1. The molecule has 0 N–H and O–H groups in total. The Morgan fingerprint density at radius 2 is 0.982 bits per heavy atom. The molecule has 0 fully saturated rings. The van der Waals surface area contributed by atoms with Gasteiger partial charge in [-0.25, -0.2) is 15.0 Å². The van der Waals surface area contributed by atoms with Crippen molar-refractivity contribution in [3.63, 3.8) is 0 Å². The van der Waals surface area contributed by atoms with Crippen molar-refractivity contribution in [2.75, 3.05) is 0 Å². The topological polar surface area (TPSA) is 48.5 Å². The lowest BCUT2D eigenvalue weighted by Crippen LogP contribution is -2.03. The summed E-state index contributed by atoms with van der Waals surface area (Å²) in [6, 6.07) is 62.1. The van der Waals surface area contributed by atoms with Gasteiger partial charge in [0.25, 0.3) is 0 Å². The first-order valence-corrected chi connectivity index (χ1v) is 19.2. The Labute approximate surface area is 324 Å². The van der Waals surface area contributed by atoms with Crippen molar-refractivity contribution in [2.45, 2.75) is 12.8 Å². The maximum Gasteiger partial charge on any atom is 0.164 e. The molecular formula is C51H35N5. The predicted molar refractivity (Wildman–Crippen MR) is 230 cm³/mol. The molecule has 3 heterocycles. The molecule has 56 heavy (non-hydrogen) atoms. The summed E-state index contributed by atoms with van der Waals surface area (Å²) in [5, 5.41) is 3.76. The average molecular weight is 718 g/mol. The summed E-state index contributed by atoms with van der Waals surface area (Å²) in [5.41, 5.74) is 13.7. The normalized spacial score (nSPS) is 12.4. The van der Waals surface area contributed by atoms with Crippen LogP contribution in [0.3, 0.4) is 0 Å². The Morgan fingerprint density at radius 1 is 0.375 bits per heavy atom. The fraction of sp³-hybridized carbons (Fsp3) is 0.0392. The third-order valence-corrected chi connectivity index (χ3v) is 11.0. The predicted octanol–water partition coefficient (Wildman–Crippen LogP) is 12.5. The highest BCUT2D eigenvalue weighted by molar-refractivity contribution is 6.10. The van der Waals surface area contributed by atoms with Crippen LogP contribution in [0.5, 0.6) is 0 Å². The van der Waals surface area contributed by atoms with E-state index in [-0.39, 0.29) is 0 Å². The molecule has 0 amide bonds. The van der Waals surface area contributed by atoms with E-state index in [0.29, 0.717) is 17.5 Å². The first-order chi connectivity index (χ1) is 27.8. The lowest BCUT2D eigenvalue weighted by molar-refractivity contribution is 0.889. The molecule has 0 saturated carbocycles. The van der Waals surface area contributed by atoms with Crippen LogP contribution in [0.4, 0.5) is 0 Å². The first kappa shape index (κ1) is 32.1. The molecule has 11 rings (SSSR count). The van der Waals surface area contributed by atoms with Crippen molar-refractivity contribution in [2.24, 2.45) is 0 Å². The molecular weight excluding hydrogens is 683 g/mol. The number of nitrogens with zero attached hydrogens (tertiary/aromatic N) is 5. The fourth-order valence-electron chi connectivity index (χ4n) is 8.42. The molecule has 1 aliphatic carbocycles. The first-order valence-electron chi connectivity index (χ1n) is 19.2. The van der Waals surface area contributed by atoms with Crippen molar-refractivity contribution in [3.8, 4) is 56.7 Å². The molecule has 264 valence electrons. The quantitative estimate of drug-likeness (QED) is 0.172. The zero-order chi connectivity index (χ0) is 37.0. The van der Waals surface area contributed by atoms with Gasteiger partial charge in [-0.2, -0.15) is 0 Å². The molecule has 0 spiro atoms. The molecule has 0 aliphatic heterocycles. The molecule has 5 nitrogen and oxygen atoms in total. The Kier molecular flexibility index (Phi) is 7.56. The summed E-state index contributed by atoms with van der Waals surface area (Å²) in [7, 11) is 0. The molecule has 7 aromatic carbocycles. The van der Waals surface area contributed by atoms with Crippen LogP contribution >= 0.6 is 0 Å². The summed E-state index contributed by atoms with van der Waals surface area (Å²) in [5.74, 6) is 1.95. The molecule has 5 heteroatoms. The van der Waals surface area contributed by atoms with Crippen molar-refractivity contribution >= 4 is 38.8 Å². The Hall–Kier alpha value is -7.37. The van der Waals surface area contributed by atoms with E-state index < -0.39 is 0 Å². The van der Waals surface area contributed by atoms with Crippen LogP contribution in [0.25, 0.3) is 95.5 Å². The Balaban J connectivity index is 1.06. The smallest absolute Gasteiger partial charge is 0.164 e. The number of rotatable bonds is 6. The monoisotopic (exact) mass is 717 g/mol. The van der Waals surface area contributed by atoms with Crippen LogP contribution in [-0.2, 0) is 6.42 Å². The largest absolute Gasteiger partial charge is 0.313 e. The number of aromatic nitrogens is 5. The lowest BCUT2D eigenvalue weighted by atomic mass is 9.99. The van der Waals surface area contributed by atoms with Crippen LogP contribution in [0.1, 0.15) is 17.7 Å². The van der Waals surface area contributed by atoms with Gasteiger partial charge in [0.1, 0.15) is 0 Å². The minimum Gasteiger partial charge on any atom is -0.313 e. The van der Waals surface area contributed by atoms with Crippen LogP contribution in [-0.4, -0.2) is 24.1 Å². The highest BCUT2D eigenvalue weighted by atomic mass is 15.0. The van der Waals surface area contributed by atoms with E-state index in [2.05, 4.69) is 137 Å². The molecule has 0 unspecified atom stereocenters. The van der Waals surface area contributed by atoms with Crippen LogP contribution < -0.4 is 0 Å². The zero-order valence-electron chi connectivity index (χ0n) is 30.5.